The van der Waals surface area contributed by atoms with Gasteiger partial charge in [0.05, 0.1) is 22.0 Å². The summed E-state index contributed by atoms with van der Waals surface area (Å²) >= 11 is 1.81. The highest BCUT2D eigenvalue weighted by Crippen LogP contribution is 2.31. The smallest absolute Gasteiger partial charge is 0.371 e. The Hall–Kier alpha value is -3.40. The zero-order chi connectivity index (χ0) is 24.5. The predicted molar refractivity (Wildman–Crippen MR) is 122 cm³/mol. The number of primary amides is 1. The average molecular weight is 584 g/mol. The van der Waals surface area contributed by atoms with E-state index in [-0.39, 0.29) is 11.6 Å². The van der Waals surface area contributed by atoms with Crippen LogP contribution < -0.4 is 11.1 Å². The number of anilines is 1. The number of alkyl halides is 3. The third-order valence-electron chi connectivity index (χ3n) is 4.91. The number of nitrogens with zero attached hydrogens (tertiary/aromatic N) is 6. The molecule has 10 nitrogen and oxygen atoms in total. The second-order valence-electron chi connectivity index (χ2n) is 7.23. The molecular formula is C20H16F3IN8O2. The molecule has 1 atom stereocenters. The van der Waals surface area contributed by atoms with Gasteiger partial charge >= 0.3 is 6.18 Å². The highest BCUT2D eigenvalue weighted by atomic mass is 127. The van der Waals surface area contributed by atoms with Crippen LogP contribution in [-0.4, -0.2) is 58.9 Å². The minimum atomic E-state index is -5.28. The number of nitrogens with one attached hydrogen (secondary N) is 1. The van der Waals surface area contributed by atoms with Gasteiger partial charge in [-0.1, -0.05) is 30.3 Å². The van der Waals surface area contributed by atoms with Gasteiger partial charge in [0.25, 0.3) is 11.5 Å². The first kappa shape index (κ1) is 23.7. The van der Waals surface area contributed by atoms with Gasteiger partial charge in [-0.2, -0.15) is 18.3 Å². The molecular weight excluding hydrogens is 568 g/mol. The SMILES string of the molecule is NC(=O)C(O)(CNc1nc(-c2cn3ncnc3c(Cc3ccccc3)n2)ncc1I)C(F)(F)F. The van der Waals surface area contributed by atoms with Gasteiger partial charge in [-0.15, -0.1) is 0 Å². The first-order chi connectivity index (χ1) is 16.1. The van der Waals surface area contributed by atoms with Crippen molar-refractivity contribution in [1.29, 1.82) is 0 Å². The lowest BCUT2D eigenvalue weighted by Crippen LogP contribution is -2.59. The topological polar surface area (TPSA) is 144 Å². The molecule has 0 spiro atoms. The van der Waals surface area contributed by atoms with Gasteiger partial charge in [0.1, 0.15) is 17.8 Å². The lowest BCUT2D eigenvalue weighted by molar-refractivity contribution is -0.245. The summed E-state index contributed by atoms with van der Waals surface area (Å²) in [6.45, 7) is -1.23. The summed E-state index contributed by atoms with van der Waals surface area (Å²) in [5, 5.41) is 16.3. The number of carbonyl (C=O) groups excluding carboxylic acids is 1. The Balaban J connectivity index is 1.69. The average Bonchev–Trinajstić information content (AvgIpc) is 3.27. The maximum Gasteiger partial charge on any atom is 0.428 e. The molecule has 3 heterocycles. The number of aliphatic hydroxyl groups is 1. The Kier molecular flexibility index (Phi) is 6.35. The number of hydrogen-bond acceptors (Lipinski definition) is 8. The summed E-state index contributed by atoms with van der Waals surface area (Å²) in [4.78, 5) is 28.6. The van der Waals surface area contributed by atoms with Crippen LogP contribution in [0.1, 0.15) is 11.3 Å². The molecule has 0 bridgehead atoms. The van der Waals surface area contributed by atoms with Crippen molar-refractivity contribution in [3.63, 3.8) is 0 Å². The zero-order valence-corrected chi connectivity index (χ0v) is 19.3. The van der Waals surface area contributed by atoms with Crippen LogP contribution in [0.3, 0.4) is 0 Å². The molecule has 34 heavy (non-hydrogen) atoms. The number of nitrogens with two attached hydrogens (primary N) is 1. The van der Waals surface area contributed by atoms with Crippen LogP contribution in [0.4, 0.5) is 19.0 Å². The number of rotatable bonds is 7. The summed E-state index contributed by atoms with van der Waals surface area (Å²) < 4.78 is 41.4. The molecule has 0 fully saturated rings. The first-order valence-electron chi connectivity index (χ1n) is 9.67. The summed E-state index contributed by atoms with van der Waals surface area (Å²) in [7, 11) is 0. The standard InChI is InChI=1S/C20H16F3IN8O2/c21-20(22,23)19(34,18(25)33)9-27-15-12(24)7-26-16(31-15)14-8-32-17(28-10-29-32)13(30-14)6-11-4-2-1-3-5-11/h1-5,7-8,10,34H,6,9H2,(H2,25,33)(H,26,27,31). The number of carbonyl (C=O) groups is 1. The molecule has 0 aliphatic rings. The maximum atomic E-state index is 13.2. The molecule has 0 saturated heterocycles. The number of halogens is 4. The summed E-state index contributed by atoms with van der Waals surface area (Å²) in [6.07, 6.45) is -0.550. The van der Waals surface area contributed by atoms with E-state index in [0.29, 0.717) is 27.0 Å². The molecule has 4 aromatic rings. The van der Waals surface area contributed by atoms with Gasteiger partial charge < -0.3 is 16.2 Å². The fourth-order valence-corrected chi connectivity index (χ4v) is 3.51. The number of fused-ring (bicyclic) bond motifs is 1. The lowest BCUT2D eigenvalue weighted by Gasteiger charge is -2.27. The Morgan fingerprint density at radius 3 is 2.59 bits per heavy atom. The second kappa shape index (κ2) is 9.09. The van der Waals surface area contributed by atoms with Gasteiger partial charge in [-0.25, -0.2) is 24.5 Å². The monoisotopic (exact) mass is 584 g/mol. The minimum absolute atomic E-state index is 0.0420. The third-order valence-corrected chi connectivity index (χ3v) is 5.70. The summed E-state index contributed by atoms with van der Waals surface area (Å²) in [5.74, 6) is -1.88. The zero-order valence-electron chi connectivity index (χ0n) is 17.2. The van der Waals surface area contributed by atoms with Crippen LogP contribution in [0.5, 0.6) is 0 Å². The van der Waals surface area contributed by atoms with E-state index in [2.05, 4.69) is 30.4 Å². The van der Waals surface area contributed by atoms with Gasteiger partial charge in [-0.05, 0) is 28.2 Å². The van der Waals surface area contributed by atoms with Crippen molar-refractivity contribution < 1.29 is 23.1 Å². The van der Waals surface area contributed by atoms with E-state index in [1.165, 1.54) is 23.2 Å². The van der Waals surface area contributed by atoms with E-state index in [1.807, 2.05) is 30.3 Å². The third kappa shape index (κ3) is 4.63. The predicted octanol–water partition coefficient (Wildman–Crippen LogP) is 1.97. The molecule has 1 aromatic carbocycles. The van der Waals surface area contributed by atoms with E-state index < -0.39 is 24.2 Å². The van der Waals surface area contributed by atoms with Crippen molar-refractivity contribution in [1.82, 2.24) is 29.5 Å². The largest absolute Gasteiger partial charge is 0.428 e. The van der Waals surface area contributed by atoms with E-state index >= 15 is 0 Å². The van der Waals surface area contributed by atoms with Gasteiger partial charge in [0, 0.05) is 12.6 Å². The van der Waals surface area contributed by atoms with Crippen molar-refractivity contribution in [2.45, 2.75) is 18.2 Å². The summed E-state index contributed by atoms with van der Waals surface area (Å²) in [6, 6.07) is 9.56. The minimum Gasteiger partial charge on any atom is -0.371 e. The molecule has 4 N–H and O–H groups in total. The molecule has 0 aliphatic carbocycles. The van der Waals surface area contributed by atoms with Crippen molar-refractivity contribution in [3.05, 3.63) is 63.9 Å². The van der Waals surface area contributed by atoms with E-state index in [0.717, 1.165) is 5.56 Å². The Bertz CT molecular complexity index is 1350. The van der Waals surface area contributed by atoms with Crippen LogP contribution in [0.25, 0.3) is 17.2 Å². The quantitative estimate of drug-likeness (QED) is 0.280. The second-order valence-corrected chi connectivity index (χ2v) is 8.39. The number of aromatic nitrogens is 6. The molecule has 176 valence electrons. The molecule has 3 aromatic heterocycles. The molecule has 0 aliphatic heterocycles. The highest BCUT2D eigenvalue weighted by Gasteiger charge is 2.58. The molecule has 1 unspecified atom stereocenters. The van der Waals surface area contributed by atoms with Crippen molar-refractivity contribution in [3.8, 4) is 11.5 Å². The molecule has 0 radical (unpaired) electrons. The Morgan fingerprint density at radius 2 is 1.91 bits per heavy atom. The molecule has 0 saturated carbocycles. The summed E-state index contributed by atoms with van der Waals surface area (Å²) in [5.41, 5.74) is 3.43. The first-order valence-corrected chi connectivity index (χ1v) is 10.8. The number of amides is 1. The van der Waals surface area contributed by atoms with Crippen LogP contribution in [0, 0.1) is 3.57 Å². The molecule has 14 heteroatoms. The normalized spacial score (nSPS) is 13.6. The van der Waals surface area contributed by atoms with Crippen LogP contribution in [0.2, 0.25) is 0 Å². The van der Waals surface area contributed by atoms with E-state index in [4.69, 9.17) is 5.73 Å². The number of hydrogen-bond donors (Lipinski definition) is 3. The van der Waals surface area contributed by atoms with E-state index in [1.54, 1.807) is 22.6 Å². The Labute approximate surface area is 203 Å². The van der Waals surface area contributed by atoms with Gasteiger partial charge in [-0.3, -0.25) is 4.79 Å². The van der Waals surface area contributed by atoms with Crippen LogP contribution in [-0.2, 0) is 11.2 Å². The van der Waals surface area contributed by atoms with Crippen LogP contribution >= 0.6 is 22.6 Å². The van der Waals surface area contributed by atoms with Crippen LogP contribution in [0.15, 0.2) is 49.1 Å². The lowest BCUT2D eigenvalue weighted by atomic mass is 10.0. The number of benzene rings is 1. The van der Waals surface area contributed by atoms with Crippen molar-refractivity contribution in [2.75, 3.05) is 11.9 Å². The van der Waals surface area contributed by atoms with Gasteiger partial charge in [0.2, 0.25) is 0 Å². The maximum absolute atomic E-state index is 13.2. The van der Waals surface area contributed by atoms with Crippen molar-refractivity contribution >= 4 is 40.0 Å². The van der Waals surface area contributed by atoms with Gasteiger partial charge in [0.15, 0.2) is 11.5 Å². The Morgan fingerprint density at radius 1 is 1.18 bits per heavy atom. The molecule has 4 rings (SSSR count). The van der Waals surface area contributed by atoms with Crippen molar-refractivity contribution in [2.24, 2.45) is 5.73 Å². The fourth-order valence-electron chi connectivity index (χ4n) is 3.06. The highest BCUT2D eigenvalue weighted by molar-refractivity contribution is 14.1. The fraction of sp³-hybridized carbons (Fsp3) is 0.200. The molecule has 1 amide bonds. The van der Waals surface area contributed by atoms with E-state index in [9.17, 15) is 23.1 Å².